The molecule has 1 heterocycles. The monoisotopic (exact) mass is 628 g/mol. The van der Waals surface area contributed by atoms with Gasteiger partial charge in [0.1, 0.15) is 0 Å². The van der Waals surface area contributed by atoms with Crippen LogP contribution in [0.15, 0.2) is 134 Å². The molecule has 3 aromatic carbocycles. The van der Waals surface area contributed by atoms with Crippen LogP contribution in [0.1, 0.15) is 99.6 Å². The van der Waals surface area contributed by atoms with Gasteiger partial charge in [0.05, 0.1) is 6.04 Å². The highest BCUT2D eigenvalue weighted by Crippen LogP contribution is 2.51. The Morgan fingerprint density at radius 1 is 0.894 bits per heavy atom. The first-order valence-electron chi connectivity index (χ1n) is 17.6. The topological polar surface area (TPSA) is 15.3 Å². The van der Waals surface area contributed by atoms with E-state index in [0.717, 1.165) is 32.1 Å². The van der Waals surface area contributed by atoms with Crippen LogP contribution in [0.2, 0.25) is 0 Å². The summed E-state index contributed by atoms with van der Waals surface area (Å²) in [6, 6.07) is 27.9. The van der Waals surface area contributed by atoms with E-state index in [1.54, 1.807) is 6.08 Å². The minimum absolute atomic E-state index is 0.307. The molecule has 4 rings (SSSR count). The highest BCUT2D eigenvalue weighted by atomic mass is 15.2. The number of hydrogen-bond acceptors (Lipinski definition) is 2. The smallest absolute Gasteiger partial charge is 0.0670 e. The standard InChI is InChI=1S/C42H54N2.C3H6/c1-9-35(29-43-8)16-17-37-20-26-40(27-21-37)44-34(7)41(28-15-33(6)38-22-13-31(4)14-23-38)42(44)39-24-18-36(19-25-39)12-10-11-32(5)30(2)3;1-3-2/h9,13-14,18-27,29,32-33,41-43H,1-2,7,10-12,15-17,28H2,3-6,8H3;3H,1H2,2H3/b35-29+;. The molecule has 3 aromatic rings. The largest absolute Gasteiger partial charge is 0.394 e. The quantitative estimate of drug-likeness (QED) is 0.125. The summed E-state index contributed by atoms with van der Waals surface area (Å²) in [6.45, 7) is 26.9. The number of allylic oxidation sites excluding steroid dienone is 4. The maximum atomic E-state index is 4.63. The van der Waals surface area contributed by atoms with E-state index < -0.39 is 0 Å². The number of nitrogens with zero attached hydrogens (tertiary/aromatic N) is 1. The van der Waals surface area contributed by atoms with Gasteiger partial charge in [-0.3, -0.25) is 0 Å². The second kappa shape index (κ2) is 18.9. The lowest BCUT2D eigenvalue weighted by molar-refractivity contribution is 0.334. The Balaban J connectivity index is 0.00000192. The van der Waals surface area contributed by atoms with Crippen LogP contribution in [0.25, 0.3) is 0 Å². The SMILES string of the molecule is C=C/C(=C\NC)CCc1ccc(N2C(=C)C(CCC(C)c3ccc(C)cc3)C2c2ccc(CCCC(C)C(=C)C)cc2)cc1.C=CC. The molecule has 2 heteroatoms. The molecule has 0 radical (unpaired) electrons. The average Bonchev–Trinajstić information content (AvgIpc) is 3.07. The zero-order valence-corrected chi connectivity index (χ0v) is 30.2. The maximum absolute atomic E-state index is 4.63. The molecular formula is C45H60N2. The molecule has 2 nitrogen and oxygen atoms in total. The second-order valence-electron chi connectivity index (χ2n) is 13.5. The van der Waals surface area contributed by atoms with E-state index in [-0.39, 0.29) is 0 Å². The van der Waals surface area contributed by atoms with Gasteiger partial charge in [-0.05, 0) is 124 Å². The van der Waals surface area contributed by atoms with Crippen molar-refractivity contribution in [3.8, 4) is 0 Å². The molecule has 1 aliphatic heterocycles. The first kappa shape index (κ1) is 37.4. The summed E-state index contributed by atoms with van der Waals surface area (Å²) in [5, 5.41) is 3.12. The number of aryl methyl sites for hydroxylation is 3. The molecule has 0 spiro atoms. The van der Waals surface area contributed by atoms with Gasteiger partial charge < -0.3 is 10.2 Å². The fourth-order valence-corrected chi connectivity index (χ4v) is 6.43. The van der Waals surface area contributed by atoms with Crippen LogP contribution in [0.5, 0.6) is 0 Å². The summed E-state index contributed by atoms with van der Waals surface area (Å²) in [5.41, 5.74) is 11.9. The lowest BCUT2D eigenvalue weighted by atomic mass is 9.75. The molecule has 4 unspecified atom stereocenters. The van der Waals surface area contributed by atoms with E-state index in [0.29, 0.717) is 23.8 Å². The van der Waals surface area contributed by atoms with Crippen LogP contribution < -0.4 is 10.2 Å². The molecule has 0 amide bonds. The molecule has 0 saturated carbocycles. The molecule has 1 aliphatic rings. The number of anilines is 1. The summed E-state index contributed by atoms with van der Waals surface area (Å²) < 4.78 is 0. The van der Waals surface area contributed by atoms with E-state index in [2.05, 4.69) is 137 Å². The molecule has 250 valence electrons. The Labute approximate surface area is 287 Å². The molecular weight excluding hydrogens is 569 g/mol. The minimum atomic E-state index is 0.307. The summed E-state index contributed by atoms with van der Waals surface area (Å²) in [4.78, 5) is 2.48. The first-order valence-corrected chi connectivity index (χ1v) is 17.6. The Kier molecular flexibility index (Phi) is 15.1. The predicted octanol–water partition coefficient (Wildman–Crippen LogP) is 12.2. The summed E-state index contributed by atoms with van der Waals surface area (Å²) in [6.07, 6.45) is 13.5. The zero-order valence-electron chi connectivity index (χ0n) is 30.2. The average molecular weight is 629 g/mol. The van der Waals surface area contributed by atoms with Crippen molar-refractivity contribution >= 4 is 5.69 Å². The molecule has 0 aliphatic carbocycles. The van der Waals surface area contributed by atoms with E-state index in [1.807, 2.05) is 26.2 Å². The van der Waals surface area contributed by atoms with Crippen LogP contribution >= 0.6 is 0 Å². The van der Waals surface area contributed by atoms with Crippen molar-refractivity contribution in [2.75, 3.05) is 11.9 Å². The van der Waals surface area contributed by atoms with Crippen LogP contribution in [-0.4, -0.2) is 7.05 Å². The molecule has 47 heavy (non-hydrogen) atoms. The van der Waals surface area contributed by atoms with Crippen molar-refractivity contribution in [1.29, 1.82) is 0 Å². The van der Waals surface area contributed by atoms with E-state index in [1.165, 1.54) is 63.2 Å². The van der Waals surface area contributed by atoms with Crippen LogP contribution in [0, 0.1) is 18.8 Å². The predicted molar refractivity (Wildman–Crippen MR) is 208 cm³/mol. The number of benzene rings is 3. The van der Waals surface area contributed by atoms with Crippen molar-refractivity contribution in [2.45, 2.75) is 91.5 Å². The highest BCUT2D eigenvalue weighted by molar-refractivity contribution is 5.61. The van der Waals surface area contributed by atoms with Crippen LogP contribution in [-0.2, 0) is 12.8 Å². The lowest BCUT2D eigenvalue weighted by Crippen LogP contribution is -2.47. The fourth-order valence-electron chi connectivity index (χ4n) is 6.43. The summed E-state index contributed by atoms with van der Waals surface area (Å²) in [7, 11) is 1.93. The molecule has 0 aromatic heterocycles. The van der Waals surface area contributed by atoms with Crippen molar-refractivity contribution in [1.82, 2.24) is 5.32 Å². The normalized spacial score (nSPS) is 17.1. The third kappa shape index (κ3) is 10.7. The van der Waals surface area contributed by atoms with Gasteiger partial charge in [0.15, 0.2) is 0 Å². The van der Waals surface area contributed by atoms with Crippen LogP contribution in [0.4, 0.5) is 5.69 Å². The maximum Gasteiger partial charge on any atom is 0.0670 e. The van der Waals surface area contributed by atoms with Gasteiger partial charge in [0.2, 0.25) is 0 Å². The fraction of sp³-hybridized carbons (Fsp3) is 0.378. The summed E-state index contributed by atoms with van der Waals surface area (Å²) >= 11 is 0. The van der Waals surface area contributed by atoms with Gasteiger partial charge in [0, 0.05) is 24.4 Å². The zero-order chi connectivity index (χ0) is 34.3. The Hall–Kier alpha value is -4.04. The van der Waals surface area contributed by atoms with Gasteiger partial charge in [-0.15, -0.1) is 6.58 Å². The highest BCUT2D eigenvalue weighted by Gasteiger charge is 2.43. The lowest BCUT2D eigenvalue weighted by Gasteiger charge is -2.52. The third-order valence-corrected chi connectivity index (χ3v) is 9.73. The molecule has 0 bridgehead atoms. The Morgan fingerprint density at radius 2 is 1.49 bits per heavy atom. The van der Waals surface area contributed by atoms with E-state index in [4.69, 9.17) is 0 Å². The second-order valence-corrected chi connectivity index (χ2v) is 13.5. The van der Waals surface area contributed by atoms with Crippen molar-refractivity contribution in [3.63, 3.8) is 0 Å². The first-order chi connectivity index (χ1) is 22.6. The number of hydrogen-bond donors (Lipinski definition) is 1. The van der Waals surface area contributed by atoms with Gasteiger partial charge >= 0.3 is 0 Å². The molecule has 1 fully saturated rings. The molecule has 1 saturated heterocycles. The summed E-state index contributed by atoms with van der Waals surface area (Å²) in [5.74, 6) is 1.55. The van der Waals surface area contributed by atoms with Crippen molar-refractivity contribution in [3.05, 3.63) is 162 Å². The van der Waals surface area contributed by atoms with Gasteiger partial charge in [-0.25, -0.2) is 0 Å². The molecule has 4 atom stereocenters. The van der Waals surface area contributed by atoms with Gasteiger partial charge in [0.25, 0.3) is 0 Å². The van der Waals surface area contributed by atoms with Crippen LogP contribution in [0.3, 0.4) is 0 Å². The van der Waals surface area contributed by atoms with E-state index in [9.17, 15) is 0 Å². The van der Waals surface area contributed by atoms with Crippen molar-refractivity contribution < 1.29 is 0 Å². The third-order valence-electron chi connectivity index (χ3n) is 9.73. The van der Waals surface area contributed by atoms with Gasteiger partial charge in [-0.2, -0.15) is 0 Å². The Morgan fingerprint density at radius 3 is 2.06 bits per heavy atom. The minimum Gasteiger partial charge on any atom is -0.394 e. The number of nitrogens with one attached hydrogen (secondary N) is 1. The van der Waals surface area contributed by atoms with Crippen molar-refractivity contribution in [2.24, 2.45) is 11.8 Å². The number of rotatable bonds is 16. The van der Waals surface area contributed by atoms with E-state index >= 15 is 0 Å². The molecule has 1 N–H and O–H groups in total. The van der Waals surface area contributed by atoms with Gasteiger partial charge in [-0.1, -0.05) is 118 Å². The Bertz CT molecular complexity index is 1460.